The van der Waals surface area contributed by atoms with E-state index in [0.29, 0.717) is 16.2 Å². The van der Waals surface area contributed by atoms with Crippen LogP contribution in [0.1, 0.15) is 414 Å². The van der Waals surface area contributed by atoms with Crippen molar-refractivity contribution in [2.75, 3.05) is 13.1 Å². The molecule has 9 aliphatic rings. The fourth-order valence-corrected chi connectivity index (χ4v) is 12.4. The Bertz CT molecular complexity index is 4470. The maximum Gasteiger partial charge on any atom is 0.199 e. The molecule has 7 aliphatic heterocycles. The molecule has 0 fully saturated rings. The number of nitrogens with zero attached hydrogens (tertiary/aromatic N) is 16. The van der Waals surface area contributed by atoms with Gasteiger partial charge in [-0.3, -0.25) is 25.0 Å². The molecule has 0 spiro atoms. The highest BCUT2D eigenvalue weighted by molar-refractivity contribution is 6.01. The van der Waals surface area contributed by atoms with E-state index in [-0.39, 0.29) is 78.1 Å². The van der Waals surface area contributed by atoms with Gasteiger partial charge in [0.2, 0.25) is 0 Å². The topological polar surface area (TPSA) is 254 Å². The van der Waals surface area contributed by atoms with E-state index in [1.807, 2.05) is 91.0 Å². The molecule has 2 aliphatic carbocycles. The van der Waals surface area contributed by atoms with Crippen molar-refractivity contribution in [1.82, 2.24) is 39.3 Å². The summed E-state index contributed by atoms with van der Waals surface area (Å²) in [6.45, 7) is 105. The van der Waals surface area contributed by atoms with Crippen molar-refractivity contribution < 1.29 is 17.7 Å². The summed E-state index contributed by atoms with van der Waals surface area (Å²) in [5.41, 5.74) is 16.4. The van der Waals surface area contributed by atoms with Gasteiger partial charge in [-0.25, -0.2) is 24.6 Å². The number of allylic oxidation sites excluding steroid dienone is 16. The van der Waals surface area contributed by atoms with E-state index in [0.717, 1.165) is 87.0 Å². The lowest BCUT2D eigenvalue weighted by Crippen LogP contribution is -2.21. The molecule has 0 aromatic carbocycles. The summed E-state index contributed by atoms with van der Waals surface area (Å²) >= 11 is 0. The van der Waals surface area contributed by atoms with E-state index in [2.05, 4.69) is 485 Å². The molecule has 0 saturated carbocycles. The Labute approximate surface area is 883 Å². The number of rotatable bonds is 0. The Kier molecular flexibility index (Phi) is 55.5. The van der Waals surface area contributed by atoms with Crippen molar-refractivity contribution >= 4 is 42.0 Å². The number of hydrogen-bond acceptors (Lipinski definition) is 18. The van der Waals surface area contributed by atoms with E-state index in [1.165, 1.54) is 45.2 Å². The molecule has 7 aromatic rings. The van der Waals surface area contributed by atoms with Crippen molar-refractivity contribution in [3.8, 4) is 0 Å². The maximum absolute atomic E-state index is 5.20. The van der Waals surface area contributed by atoms with Gasteiger partial charge in [0.1, 0.15) is 36.3 Å². The van der Waals surface area contributed by atoms with Crippen LogP contribution in [-0.4, -0.2) is 94.4 Å². The first-order valence-corrected chi connectivity index (χ1v) is 51.5. The lowest BCUT2D eigenvalue weighted by molar-refractivity contribution is 0.354. The van der Waals surface area contributed by atoms with Gasteiger partial charge in [0, 0.05) is 177 Å². The van der Waals surface area contributed by atoms with Gasteiger partial charge in [0.15, 0.2) is 5.89 Å². The van der Waals surface area contributed by atoms with Gasteiger partial charge in [-0.15, -0.1) is 0 Å². The lowest BCUT2D eigenvalue weighted by atomic mass is 9.86. The number of aromatic amines is 1. The van der Waals surface area contributed by atoms with E-state index in [1.54, 1.807) is 68.1 Å². The number of imidazole rings is 2. The third kappa shape index (κ3) is 59.0. The van der Waals surface area contributed by atoms with Crippen molar-refractivity contribution in [3.63, 3.8) is 0 Å². The highest BCUT2D eigenvalue weighted by atomic mass is 16.3. The summed E-state index contributed by atoms with van der Waals surface area (Å²) in [5, 5.41) is 19.6. The second kappa shape index (κ2) is 59.9. The second-order valence-corrected chi connectivity index (χ2v) is 52.8. The van der Waals surface area contributed by atoms with Gasteiger partial charge in [-0.1, -0.05) is 365 Å². The molecule has 21 heteroatoms. The first kappa shape index (κ1) is 134. The van der Waals surface area contributed by atoms with Crippen molar-refractivity contribution in [2.45, 2.75) is 423 Å². The molecule has 0 radical (unpaired) electrons. The Morgan fingerprint density at radius 1 is 0.400 bits per heavy atom. The first-order chi connectivity index (χ1) is 65.7. The molecule has 16 rings (SSSR count). The van der Waals surface area contributed by atoms with Crippen molar-refractivity contribution in [3.05, 3.63) is 260 Å². The number of aromatic nitrogens is 8. The zero-order chi connectivity index (χ0) is 110. The molecular formula is C124H203N17O4. The van der Waals surface area contributed by atoms with Crippen LogP contribution in [0.15, 0.2) is 294 Å². The lowest BCUT2D eigenvalue weighted by Gasteiger charge is -2.19. The van der Waals surface area contributed by atoms with Crippen molar-refractivity contribution in [1.29, 1.82) is 0 Å². The molecule has 0 atom stereocenters. The molecule has 0 amide bonds. The second-order valence-electron chi connectivity index (χ2n) is 52.8. The minimum atomic E-state index is 0. The Hall–Kier alpha value is -10.7. The van der Waals surface area contributed by atoms with Crippen LogP contribution in [0, 0.1) is 48.7 Å². The number of H-pyrrole nitrogens is 1. The summed E-state index contributed by atoms with van der Waals surface area (Å²) in [6.07, 6.45) is 67.7. The minimum Gasteiger partial charge on any atom is -0.472 e. The van der Waals surface area contributed by atoms with Gasteiger partial charge in [0.05, 0.1) is 67.6 Å². The van der Waals surface area contributed by atoms with Crippen molar-refractivity contribution in [2.24, 2.45) is 94.1 Å². The van der Waals surface area contributed by atoms with Gasteiger partial charge < -0.3 is 27.2 Å². The van der Waals surface area contributed by atoms with Gasteiger partial charge in [-0.2, -0.15) is 25.5 Å². The zero-order valence-electron chi connectivity index (χ0n) is 99.4. The molecule has 0 unspecified atom stereocenters. The highest BCUT2D eigenvalue weighted by Crippen LogP contribution is 2.36. The highest BCUT2D eigenvalue weighted by Gasteiger charge is 2.27. The molecule has 21 nitrogen and oxygen atoms in total. The van der Waals surface area contributed by atoms with E-state index < -0.39 is 0 Å². The summed E-state index contributed by atoms with van der Waals surface area (Å²) in [5.74, 6) is 3.93. The molecule has 808 valence electrons. The number of hydrogen-bond donors (Lipinski definition) is 1. The molecule has 0 saturated heterocycles. The van der Waals surface area contributed by atoms with E-state index in [9.17, 15) is 0 Å². The number of azo groups is 1. The Morgan fingerprint density at radius 3 is 1.15 bits per heavy atom. The summed E-state index contributed by atoms with van der Waals surface area (Å²) in [4.78, 5) is 40.1. The summed E-state index contributed by atoms with van der Waals surface area (Å²) in [6, 6.07) is 9.83. The Morgan fingerprint density at radius 2 is 0.959 bits per heavy atom. The number of furan rings is 3. The molecule has 0 bridgehead atoms. The predicted octanol–water partition coefficient (Wildman–Crippen LogP) is 36.4. The summed E-state index contributed by atoms with van der Waals surface area (Å²) < 4.78 is 24.3. The maximum atomic E-state index is 5.20. The first-order valence-electron chi connectivity index (χ1n) is 51.5. The van der Waals surface area contributed by atoms with Crippen LogP contribution in [0.2, 0.25) is 0 Å². The van der Waals surface area contributed by atoms with E-state index >= 15 is 0 Å². The van der Waals surface area contributed by atoms with Gasteiger partial charge in [0.25, 0.3) is 0 Å². The average Bonchev–Trinajstić information content (AvgIpc) is 1.88. The fraction of sp³-hybridized carbons (Fsp3) is 0.597. The van der Waals surface area contributed by atoms with Crippen LogP contribution < -0.4 is 0 Å². The van der Waals surface area contributed by atoms with Crippen LogP contribution in [0.4, 0.5) is 0 Å². The Balaban J connectivity index is 0.00000152. The van der Waals surface area contributed by atoms with Crippen LogP contribution in [-0.2, 0) is 38.2 Å². The largest absolute Gasteiger partial charge is 0.472 e. The van der Waals surface area contributed by atoms with Crippen LogP contribution >= 0.6 is 0 Å². The molecule has 145 heavy (non-hydrogen) atoms. The fourth-order valence-electron chi connectivity index (χ4n) is 12.4. The molecule has 7 aromatic heterocycles. The van der Waals surface area contributed by atoms with E-state index in [4.69, 9.17) is 17.7 Å². The quantitative estimate of drug-likeness (QED) is 0.151. The monoisotopic (exact) mass is 1990 g/mol. The SMILES string of the molecule is C.CC(C)(C)C1=CC=CC1.CC(C)(C)C1=CCC=C1.CC(C)(C)C1=CCC=N1.CC(C)(C)C1=CCC=N1.CC(C)(C)C1=CCN=N1.CC(C)(C)C1=CN=CC1.CC(C)(C)C1=NC=CC1.CC(C)(C)C1=NCC=C1.CC(C)(C)C1=NN=CC1.CC(C)(C)c1ccco1.CC(C)(C)c1ccco1.CC(C)(C)c1ccoc1.CC(C)(C)c1ncc[nH]1.CC(C)(C)c1ncco1.CC(C)(C)n1ccnc1.CC(C)(C)n1cncn1. The van der Waals surface area contributed by atoms with Crippen LogP contribution in [0.3, 0.4) is 0 Å². The standard InChI is InChI=1S/2C9H14.5C8H13N.3C8H12O.4C7H12N2.C7H11NO.C6H11N3.CH4/c2*1-9(2,3)8-6-4-5-7-8;1-8(2,3)7-4-5-9-6-7;4*1-8(2,3)7-5-4-6-9-7;1-8(2,3)7-4-5-9-6-7;2*1-8(2,3)7-5-4-6-9-7;1-7(2,3)9-5-4-8-6-9;1-7(2,3)6-8-4-5-9-6;2*1-7(2,3)6-4-5-8-9-6;1-7(2,3)6-8-4-5-9-6;1-6(2,3)9-5-7-4-8-9;/h4,6-7H,5H2,1-3H3;4-6H,7H2,1-3H3;3*5-6H,4H2,1-3H3;4,6H,5H2,1-3H3;4-5H,6H2,1-3H3;4*4-6H,1-3H3;4-5H,1-3H3,(H,8,9);5H,4H2,1-3H3;4H,5H2,1-3H3;2*4-5H,1-3H3;1H4. The normalized spacial score (nSPS) is 15.4. The smallest absolute Gasteiger partial charge is 0.199 e. The number of nitrogens with one attached hydrogen (secondary N) is 1. The third-order valence-electron chi connectivity index (χ3n) is 22.0. The third-order valence-corrected chi connectivity index (χ3v) is 22.0. The minimum absolute atomic E-state index is 0. The average molecular weight is 2000 g/mol. The molecule has 14 heterocycles. The number of oxazole rings is 1. The number of aliphatic imine (C=N–C) groups is 5. The zero-order valence-corrected chi connectivity index (χ0v) is 99.4. The summed E-state index contributed by atoms with van der Waals surface area (Å²) in [7, 11) is 0. The van der Waals surface area contributed by atoms with Crippen LogP contribution in [0.25, 0.3) is 0 Å². The molecule has 1 N–H and O–H groups in total. The van der Waals surface area contributed by atoms with Crippen LogP contribution in [0.5, 0.6) is 0 Å². The molecular weight excluding hydrogens is 1790 g/mol. The van der Waals surface area contributed by atoms with Gasteiger partial charge >= 0.3 is 0 Å². The predicted molar refractivity (Wildman–Crippen MR) is 627 cm³/mol. The van der Waals surface area contributed by atoms with Gasteiger partial charge in [-0.05, 0) is 135 Å².